The van der Waals surface area contributed by atoms with E-state index in [1.807, 2.05) is 37.4 Å². The third kappa shape index (κ3) is 5.71. The quantitative estimate of drug-likeness (QED) is 0.403. The third-order valence-electron chi connectivity index (χ3n) is 4.38. The molecule has 0 spiro atoms. The van der Waals surface area contributed by atoms with Crippen LogP contribution in [-0.2, 0) is 11.2 Å². The van der Waals surface area contributed by atoms with Crippen molar-refractivity contribution in [2.75, 3.05) is 26.3 Å². The van der Waals surface area contributed by atoms with Crippen LogP contribution in [0.15, 0.2) is 47.1 Å². The fourth-order valence-corrected chi connectivity index (χ4v) is 2.97. The Morgan fingerprint density at radius 3 is 2.90 bits per heavy atom. The molecule has 7 nitrogen and oxygen atoms in total. The van der Waals surface area contributed by atoms with E-state index in [-0.39, 0.29) is 12.6 Å². The molecule has 1 N–H and O–H groups in total. The van der Waals surface area contributed by atoms with E-state index in [0.29, 0.717) is 23.5 Å². The topological polar surface area (TPSA) is 82.8 Å². The minimum atomic E-state index is -0.783. The molecule has 0 aliphatic rings. The molecule has 3 aromatic rings. The summed E-state index contributed by atoms with van der Waals surface area (Å²) in [4.78, 5) is 15.7. The summed E-state index contributed by atoms with van der Waals surface area (Å²) in [7, 11) is 0. The summed E-state index contributed by atoms with van der Waals surface area (Å²) >= 11 is 0. The zero-order chi connectivity index (χ0) is 20.5. The highest BCUT2D eigenvalue weighted by Crippen LogP contribution is 2.37. The van der Waals surface area contributed by atoms with Crippen molar-refractivity contribution in [1.82, 2.24) is 10.3 Å². The van der Waals surface area contributed by atoms with Gasteiger partial charge in [-0.1, -0.05) is 12.1 Å². The number of ether oxygens (including phenoxy) is 3. The van der Waals surface area contributed by atoms with E-state index in [2.05, 4.69) is 16.4 Å². The normalized spacial score (nSPS) is 10.8. The molecule has 0 atom stereocenters. The fraction of sp³-hybridized carbons (Fsp3) is 0.364. The Labute approximate surface area is 170 Å². The number of carbonyl (C=O) groups is 1. The van der Waals surface area contributed by atoms with Gasteiger partial charge in [0.2, 0.25) is 0 Å². The standard InChI is InChI=1S/C22H26N2O5/c1-3-26-22(25)29-21-16(2)20-18(8-4-9-19(20)28-21)27-14-6-12-23-13-10-17-7-5-11-24-15-17/h4-5,7-9,11,15,23H,3,6,10,12-14H2,1-2H3. The second-order valence-electron chi connectivity index (χ2n) is 6.49. The summed E-state index contributed by atoms with van der Waals surface area (Å²) in [6.45, 7) is 6.11. The number of hydrogen-bond acceptors (Lipinski definition) is 7. The van der Waals surface area contributed by atoms with E-state index in [1.54, 1.807) is 13.1 Å². The molecule has 7 heteroatoms. The largest absolute Gasteiger partial charge is 0.516 e. The molecule has 0 fully saturated rings. The Bertz CT molecular complexity index is 924. The molecule has 0 aliphatic heterocycles. The van der Waals surface area contributed by atoms with Gasteiger partial charge in [0.05, 0.1) is 18.6 Å². The SMILES string of the molecule is CCOC(=O)Oc1oc2cccc(OCCCNCCc3cccnc3)c2c1C. The number of aryl methyl sites for hydroxylation is 1. The van der Waals surface area contributed by atoms with E-state index >= 15 is 0 Å². The van der Waals surface area contributed by atoms with Crippen molar-refractivity contribution in [3.8, 4) is 11.7 Å². The van der Waals surface area contributed by atoms with Crippen molar-refractivity contribution >= 4 is 17.1 Å². The molecule has 0 saturated heterocycles. The van der Waals surface area contributed by atoms with Gasteiger partial charge in [0.1, 0.15) is 11.3 Å². The van der Waals surface area contributed by atoms with Gasteiger partial charge in [-0.2, -0.15) is 0 Å². The first-order valence-corrected chi connectivity index (χ1v) is 9.78. The Balaban J connectivity index is 1.48. The van der Waals surface area contributed by atoms with E-state index in [4.69, 9.17) is 18.6 Å². The number of benzene rings is 1. The summed E-state index contributed by atoms with van der Waals surface area (Å²) in [5.41, 5.74) is 2.53. The van der Waals surface area contributed by atoms with E-state index < -0.39 is 6.16 Å². The third-order valence-corrected chi connectivity index (χ3v) is 4.38. The van der Waals surface area contributed by atoms with Crippen LogP contribution in [0.3, 0.4) is 0 Å². The monoisotopic (exact) mass is 398 g/mol. The molecule has 1 aromatic carbocycles. The van der Waals surface area contributed by atoms with Crippen molar-refractivity contribution in [2.45, 2.75) is 26.7 Å². The minimum Gasteiger partial charge on any atom is -0.493 e. The average Bonchev–Trinajstić information content (AvgIpc) is 3.04. The number of rotatable bonds is 10. The highest BCUT2D eigenvalue weighted by molar-refractivity contribution is 5.89. The van der Waals surface area contributed by atoms with Crippen LogP contribution in [0, 0.1) is 6.92 Å². The molecule has 0 unspecified atom stereocenters. The van der Waals surface area contributed by atoms with Gasteiger partial charge in [-0.15, -0.1) is 0 Å². The Kier molecular flexibility index (Phi) is 7.47. The van der Waals surface area contributed by atoms with E-state index in [9.17, 15) is 4.79 Å². The van der Waals surface area contributed by atoms with Gasteiger partial charge in [0.15, 0.2) is 0 Å². The maximum atomic E-state index is 11.6. The summed E-state index contributed by atoms with van der Waals surface area (Å²) in [6.07, 6.45) is 4.70. The second-order valence-corrected chi connectivity index (χ2v) is 6.49. The molecular formula is C22H26N2O5. The van der Waals surface area contributed by atoms with Crippen LogP contribution in [0.5, 0.6) is 11.7 Å². The number of hydrogen-bond donors (Lipinski definition) is 1. The molecule has 2 aromatic heterocycles. The van der Waals surface area contributed by atoms with Crippen molar-refractivity contribution in [1.29, 1.82) is 0 Å². The van der Waals surface area contributed by atoms with E-state index in [1.165, 1.54) is 5.56 Å². The Morgan fingerprint density at radius 2 is 2.10 bits per heavy atom. The molecule has 0 bridgehead atoms. The molecule has 2 heterocycles. The average molecular weight is 398 g/mol. The predicted octanol–water partition coefficient (Wildman–Crippen LogP) is 4.27. The van der Waals surface area contributed by atoms with Crippen molar-refractivity contribution < 1.29 is 23.4 Å². The van der Waals surface area contributed by atoms with Gasteiger partial charge in [0, 0.05) is 18.0 Å². The smallest absolute Gasteiger partial charge is 0.493 e. The molecule has 154 valence electrons. The van der Waals surface area contributed by atoms with Gasteiger partial charge in [-0.05, 0) is 63.5 Å². The molecule has 0 radical (unpaired) electrons. The van der Waals surface area contributed by atoms with Crippen LogP contribution < -0.4 is 14.8 Å². The van der Waals surface area contributed by atoms with Crippen LogP contribution in [0.4, 0.5) is 4.79 Å². The first-order chi connectivity index (χ1) is 14.2. The van der Waals surface area contributed by atoms with Gasteiger partial charge in [-0.25, -0.2) is 4.79 Å². The zero-order valence-corrected chi connectivity index (χ0v) is 16.8. The number of pyridine rings is 1. The van der Waals surface area contributed by atoms with Crippen LogP contribution >= 0.6 is 0 Å². The fourth-order valence-electron chi connectivity index (χ4n) is 2.97. The van der Waals surface area contributed by atoms with Crippen molar-refractivity contribution in [3.05, 3.63) is 53.9 Å². The number of furan rings is 1. The zero-order valence-electron chi connectivity index (χ0n) is 16.8. The lowest BCUT2D eigenvalue weighted by Gasteiger charge is -2.08. The first kappa shape index (κ1) is 20.7. The lowest BCUT2D eigenvalue weighted by Crippen LogP contribution is -2.20. The summed E-state index contributed by atoms with van der Waals surface area (Å²) in [5, 5.41) is 4.21. The number of aromatic nitrogens is 1. The summed E-state index contributed by atoms with van der Waals surface area (Å²) in [6, 6.07) is 9.57. The molecule has 0 amide bonds. The number of fused-ring (bicyclic) bond motifs is 1. The molecule has 3 rings (SSSR count). The van der Waals surface area contributed by atoms with Crippen LogP contribution in [0.2, 0.25) is 0 Å². The Hall–Kier alpha value is -3.06. The highest BCUT2D eigenvalue weighted by Gasteiger charge is 2.19. The number of nitrogens with one attached hydrogen (secondary N) is 1. The minimum absolute atomic E-state index is 0.131. The number of carbonyl (C=O) groups excluding carboxylic acids is 1. The van der Waals surface area contributed by atoms with Gasteiger partial charge in [0.25, 0.3) is 5.95 Å². The first-order valence-electron chi connectivity index (χ1n) is 9.78. The molecule has 0 aliphatic carbocycles. The summed E-state index contributed by atoms with van der Waals surface area (Å²) < 4.78 is 21.5. The Morgan fingerprint density at radius 1 is 1.21 bits per heavy atom. The highest BCUT2D eigenvalue weighted by atomic mass is 16.8. The van der Waals surface area contributed by atoms with Gasteiger partial charge in [-0.3, -0.25) is 4.98 Å². The van der Waals surface area contributed by atoms with Crippen LogP contribution in [0.1, 0.15) is 24.5 Å². The lowest BCUT2D eigenvalue weighted by molar-refractivity contribution is 0.0953. The van der Waals surface area contributed by atoms with Gasteiger partial charge < -0.3 is 23.9 Å². The molecule has 29 heavy (non-hydrogen) atoms. The second kappa shape index (κ2) is 10.5. The van der Waals surface area contributed by atoms with Crippen molar-refractivity contribution in [2.24, 2.45) is 0 Å². The summed E-state index contributed by atoms with van der Waals surface area (Å²) in [5.74, 6) is 0.837. The maximum absolute atomic E-state index is 11.6. The number of nitrogens with zero attached hydrogens (tertiary/aromatic N) is 1. The van der Waals surface area contributed by atoms with Gasteiger partial charge >= 0.3 is 6.16 Å². The maximum Gasteiger partial charge on any atom is 0.516 e. The molecule has 0 saturated carbocycles. The molecular weight excluding hydrogens is 372 g/mol. The van der Waals surface area contributed by atoms with Crippen LogP contribution in [-0.4, -0.2) is 37.4 Å². The van der Waals surface area contributed by atoms with E-state index in [0.717, 1.165) is 31.3 Å². The van der Waals surface area contributed by atoms with Crippen molar-refractivity contribution in [3.63, 3.8) is 0 Å². The lowest BCUT2D eigenvalue weighted by atomic mass is 10.1. The van der Waals surface area contributed by atoms with Crippen LogP contribution in [0.25, 0.3) is 11.0 Å². The predicted molar refractivity (Wildman–Crippen MR) is 110 cm³/mol.